The molecule has 21 heavy (non-hydrogen) atoms. The molecule has 0 spiro atoms. The molecular weight excluding hydrogens is 300 g/mol. The number of nitrogens with zero attached hydrogens (tertiary/aromatic N) is 3. The summed E-state index contributed by atoms with van der Waals surface area (Å²) in [6, 6.07) is 4.18. The first kappa shape index (κ1) is 13.6. The summed E-state index contributed by atoms with van der Waals surface area (Å²) in [6.07, 6.45) is 1.46. The SMILES string of the molecule is Cc1cc(=O)n(-c2cc(F)cc(F)c2)c2nc(Cl)ncc12. The van der Waals surface area contributed by atoms with E-state index in [0.29, 0.717) is 10.9 Å². The summed E-state index contributed by atoms with van der Waals surface area (Å²) in [4.78, 5) is 20.1. The second kappa shape index (κ2) is 4.89. The molecule has 1 aromatic carbocycles. The van der Waals surface area contributed by atoms with Gasteiger partial charge in [-0.3, -0.25) is 9.36 Å². The van der Waals surface area contributed by atoms with Crippen LogP contribution < -0.4 is 5.56 Å². The van der Waals surface area contributed by atoms with Gasteiger partial charge in [-0.15, -0.1) is 0 Å². The van der Waals surface area contributed by atoms with E-state index in [-0.39, 0.29) is 16.6 Å². The maximum Gasteiger partial charge on any atom is 0.257 e. The van der Waals surface area contributed by atoms with Gasteiger partial charge >= 0.3 is 0 Å². The molecule has 3 rings (SSSR count). The van der Waals surface area contributed by atoms with E-state index >= 15 is 0 Å². The largest absolute Gasteiger partial charge is 0.269 e. The van der Waals surface area contributed by atoms with Crippen molar-refractivity contribution in [1.82, 2.24) is 14.5 Å². The Morgan fingerprint density at radius 2 is 1.81 bits per heavy atom. The molecule has 2 aromatic heterocycles. The predicted octanol–water partition coefficient (Wildman–Crippen LogP) is 3.02. The number of hydrogen-bond acceptors (Lipinski definition) is 3. The fourth-order valence-corrected chi connectivity index (χ4v) is 2.28. The Kier molecular flexibility index (Phi) is 3.17. The highest BCUT2D eigenvalue weighted by atomic mass is 35.5. The topological polar surface area (TPSA) is 47.8 Å². The van der Waals surface area contributed by atoms with Gasteiger partial charge in [0.2, 0.25) is 5.28 Å². The molecule has 2 heterocycles. The molecule has 3 aromatic rings. The first-order valence-electron chi connectivity index (χ1n) is 5.97. The average Bonchev–Trinajstić information content (AvgIpc) is 2.36. The van der Waals surface area contributed by atoms with Crippen LogP contribution in [0.3, 0.4) is 0 Å². The molecule has 0 N–H and O–H groups in total. The fraction of sp³-hybridized carbons (Fsp3) is 0.0714. The third kappa shape index (κ3) is 2.38. The lowest BCUT2D eigenvalue weighted by molar-refractivity contribution is 0.581. The number of halogens is 3. The molecule has 0 amide bonds. The molecule has 0 fully saturated rings. The van der Waals surface area contributed by atoms with E-state index in [1.54, 1.807) is 6.92 Å². The van der Waals surface area contributed by atoms with Crippen molar-refractivity contribution in [3.8, 4) is 5.69 Å². The van der Waals surface area contributed by atoms with Crippen molar-refractivity contribution in [3.05, 3.63) is 63.3 Å². The van der Waals surface area contributed by atoms with Crippen molar-refractivity contribution in [3.63, 3.8) is 0 Å². The van der Waals surface area contributed by atoms with Gasteiger partial charge in [0.25, 0.3) is 5.56 Å². The van der Waals surface area contributed by atoms with Crippen LogP contribution in [-0.4, -0.2) is 14.5 Å². The van der Waals surface area contributed by atoms with Gasteiger partial charge < -0.3 is 0 Å². The quantitative estimate of drug-likeness (QED) is 0.649. The first-order chi connectivity index (χ1) is 9.95. The van der Waals surface area contributed by atoms with Crippen molar-refractivity contribution in [1.29, 1.82) is 0 Å². The van der Waals surface area contributed by atoms with Crippen LogP contribution in [0.25, 0.3) is 16.7 Å². The van der Waals surface area contributed by atoms with E-state index in [0.717, 1.165) is 22.8 Å². The smallest absolute Gasteiger partial charge is 0.257 e. The zero-order valence-electron chi connectivity index (χ0n) is 10.8. The maximum absolute atomic E-state index is 13.4. The minimum Gasteiger partial charge on any atom is -0.269 e. The van der Waals surface area contributed by atoms with Crippen LogP contribution in [0, 0.1) is 18.6 Å². The summed E-state index contributed by atoms with van der Waals surface area (Å²) in [7, 11) is 0. The predicted molar refractivity (Wildman–Crippen MR) is 74.8 cm³/mol. The Hall–Kier alpha value is -2.34. The number of rotatable bonds is 1. The molecule has 0 aliphatic rings. The van der Waals surface area contributed by atoms with Crippen LogP contribution in [0.1, 0.15) is 5.56 Å². The van der Waals surface area contributed by atoms with E-state index in [4.69, 9.17) is 11.6 Å². The monoisotopic (exact) mass is 307 g/mol. The number of fused-ring (bicyclic) bond motifs is 1. The standard InChI is InChI=1S/C14H8ClF2N3O/c1-7-2-12(21)20(10-4-8(16)3-9(17)5-10)13-11(7)6-18-14(15)19-13/h2-6H,1H3. The maximum atomic E-state index is 13.4. The number of hydrogen-bond donors (Lipinski definition) is 0. The Labute approximate surface area is 122 Å². The lowest BCUT2D eigenvalue weighted by Crippen LogP contribution is -2.20. The summed E-state index contributed by atoms with van der Waals surface area (Å²) in [5, 5.41) is 0.516. The normalized spacial score (nSPS) is 11.0. The highest BCUT2D eigenvalue weighted by Gasteiger charge is 2.12. The van der Waals surface area contributed by atoms with Crippen LogP contribution in [0.4, 0.5) is 8.78 Å². The van der Waals surface area contributed by atoms with Gasteiger partial charge in [-0.25, -0.2) is 13.8 Å². The zero-order chi connectivity index (χ0) is 15.1. The lowest BCUT2D eigenvalue weighted by atomic mass is 10.2. The molecule has 0 unspecified atom stereocenters. The summed E-state index contributed by atoms with van der Waals surface area (Å²) >= 11 is 5.76. The van der Waals surface area contributed by atoms with Gasteiger partial charge in [-0.2, -0.15) is 4.98 Å². The van der Waals surface area contributed by atoms with Gasteiger partial charge in [0, 0.05) is 23.7 Å². The second-order valence-corrected chi connectivity index (χ2v) is 4.84. The van der Waals surface area contributed by atoms with E-state index in [1.807, 2.05) is 0 Å². The van der Waals surface area contributed by atoms with Crippen molar-refractivity contribution in [2.45, 2.75) is 6.92 Å². The summed E-state index contributed by atoms with van der Waals surface area (Å²) in [5.74, 6) is -1.57. The number of aromatic nitrogens is 3. The summed E-state index contributed by atoms with van der Waals surface area (Å²) in [6.45, 7) is 1.72. The minimum atomic E-state index is -0.786. The van der Waals surface area contributed by atoms with Crippen LogP contribution in [-0.2, 0) is 0 Å². The van der Waals surface area contributed by atoms with E-state index < -0.39 is 17.2 Å². The minimum absolute atomic E-state index is 0.0391. The van der Waals surface area contributed by atoms with Gasteiger partial charge in [0.1, 0.15) is 11.6 Å². The third-order valence-electron chi connectivity index (χ3n) is 3.04. The molecule has 0 aliphatic heterocycles. The van der Waals surface area contributed by atoms with E-state index in [1.165, 1.54) is 12.3 Å². The van der Waals surface area contributed by atoms with Gasteiger partial charge in [0.15, 0.2) is 5.65 Å². The molecule has 0 saturated carbocycles. The summed E-state index contributed by atoms with van der Waals surface area (Å²) in [5.41, 5.74) is 0.432. The van der Waals surface area contributed by atoms with Crippen LogP contribution in [0.5, 0.6) is 0 Å². The van der Waals surface area contributed by atoms with Gasteiger partial charge in [-0.1, -0.05) is 0 Å². The molecule has 7 heteroatoms. The highest BCUT2D eigenvalue weighted by molar-refractivity contribution is 6.28. The van der Waals surface area contributed by atoms with Gasteiger partial charge in [-0.05, 0) is 36.2 Å². The molecule has 106 valence electrons. The number of pyridine rings is 1. The molecule has 0 atom stereocenters. The van der Waals surface area contributed by atoms with Crippen molar-refractivity contribution in [2.24, 2.45) is 0 Å². The second-order valence-electron chi connectivity index (χ2n) is 4.50. The Morgan fingerprint density at radius 3 is 2.48 bits per heavy atom. The molecule has 0 bridgehead atoms. The molecule has 4 nitrogen and oxygen atoms in total. The van der Waals surface area contributed by atoms with Crippen LogP contribution in [0.15, 0.2) is 35.3 Å². The van der Waals surface area contributed by atoms with Crippen LogP contribution in [0.2, 0.25) is 5.28 Å². The van der Waals surface area contributed by atoms with Gasteiger partial charge in [0.05, 0.1) is 5.69 Å². The molecular formula is C14H8ClF2N3O. The van der Waals surface area contributed by atoms with Crippen molar-refractivity contribution >= 4 is 22.6 Å². The summed E-state index contributed by atoms with van der Waals surface area (Å²) < 4.78 is 27.9. The number of aryl methyl sites for hydroxylation is 1. The van der Waals surface area contributed by atoms with Crippen molar-refractivity contribution in [2.75, 3.05) is 0 Å². The average molecular weight is 308 g/mol. The molecule has 0 saturated heterocycles. The lowest BCUT2D eigenvalue weighted by Gasteiger charge is -2.11. The molecule has 0 aliphatic carbocycles. The van der Waals surface area contributed by atoms with Crippen LogP contribution >= 0.6 is 11.6 Å². The Bertz CT molecular complexity index is 904. The number of benzene rings is 1. The molecule has 0 radical (unpaired) electrons. The first-order valence-corrected chi connectivity index (χ1v) is 6.35. The third-order valence-corrected chi connectivity index (χ3v) is 3.22. The van der Waals surface area contributed by atoms with E-state index in [2.05, 4.69) is 9.97 Å². The fourth-order valence-electron chi connectivity index (χ4n) is 2.15. The van der Waals surface area contributed by atoms with E-state index in [9.17, 15) is 13.6 Å². The zero-order valence-corrected chi connectivity index (χ0v) is 11.5. The highest BCUT2D eigenvalue weighted by Crippen LogP contribution is 2.20. The Morgan fingerprint density at radius 1 is 1.14 bits per heavy atom. The van der Waals surface area contributed by atoms with Crippen molar-refractivity contribution < 1.29 is 8.78 Å². The Balaban J connectivity index is 2.46.